The number of hydrogen-bond donors (Lipinski definition) is 1. The molecule has 0 aliphatic heterocycles. The first kappa shape index (κ1) is 8.54. The zero-order valence-corrected chi connectivity index (χ0v) is 8.89. The molecule has 0 radical (unpaired) electrons. The highest BCUT2D eigenvalue weighted by Gasteiger charge is 2.07. The molecule has 0 amide bonds. The average Bonchev–Trinajstić information content (AvgIpc) is 2.69. The van der Waals surface area contributed by atoms with Crippen LogP contribution in [-0.4, -0.2) is 24.6 Å². The lowest BCUT2D eigenvalue weighted by molar-refractivity contribution is 0.878. The first-order valence-electron chi connectivity index (χ1n) is 4.13. The minimum atomic E-state index is -0.343. The van der Waals surface area contributed by atoms with Crippen molar-refractivity contribution in [1.29, 1.82) is 0 Å². The molecule has 1 N–H and O–H groups in total. The van der Waals surface area contributed by atoms with Crippen molar-refractivity contribution in [3.63, 3.8) is 0 Å². The molecule has 3 heterocycles. The van der Waals surface area contributed by atoms with Gasteiger partial charge in [-0.15, -0.1) is 0 Å². The van der Waals surface area contributed by atoms with Gasteiger partial charge in [0, 0.05) is 10.7 Å². The second-order valence-electron chi connectivity index (χ2n) is 2.98. The van der Waals surface area contributed by atoms with Gasteiger partial charge >= 0.3 is 5.69 Å². The van der Waals surface area contributed by atoms with Gasteiger partial charge in [0.05, 0.1) is 5.39 Å². The molecule has 74 valence electrons. The SMILES string of the molecule is O=c1[nH]c2ncc(Br)cc2c2ncnn12. The minimum absolute atomic E-state index is 0.343. The standard InChI is InChI=1S/C8H4BrN5O/c9-4-1-5-6(10-2-4)13-8(15)14-7(5)11-3-12-14/h1-3H,(H,10,13,15). The fourth-order valence-corrected chi connectivity index (χ4v) is 1.77. The number of H-pyrrole nitrogens is 1. The molecule has 0 spiro atoms. The summed E-state index contributed by atoms with van der Waals surface area (Å²) < 4.78 is 2.03. The Morgan fingerprint density at radius 3 is 3.13 bits per heavy atom. The van der Waals surface area contributed by atoms with Crippen LogP contribution in [-0.2, 0) is 0 Å². The Kier molecular flexibility index (Phi) is 1.63. The Morgan fingerprint density at radius 1 is 1.40 bits per heavy atom. The van der Waals surface area contributed by atoms with Crippen molar-refractivity contribution >= 4 is 32.6 Å². The second kappa shape index (κ2) is 2.86. The predicted molar refractivity (Wildman–Crippen MR) is 56.6 cm³/mol. The first-order chi connectivity index (χ1) is 7.25. The van der Waals surface area contributed by atoms with Gasteiger partial charge in [0.1, 0.15) is 12.0 Å². The molecule has 3 rings (SSSR count). The van der Waals surface area contributed by atoms with Crippen LogP contribution in [0.4, 0.5) is 0 Å². The monoisotopic (exact) mass is 265 g/mol. The highest BCUT2D eigenvalue weighted by Crippen LogP contribution is 2.17. The van der Waals surface area contributed by atoms with Crippen molar-refractivity contribution in [2.75, 3.05) is 0 Å². The maximum atomic E-state index is 11.5. The molecule has 3 aromatic heterocycles. The molecule has 7 heteroatoms. The van der Waals surface area contributed by atoms with Crippen molar-refractivity contribution in [1.82, 2.24) is 24.6 Å². The molecule has 15 heavy (non-hydrogen) atoms. The smallest absolute Gasteiger partial charge is 0.290 e. The number of fused-ring (bicyclic) bond motifs is 3. The molecular formula is C8H4BrN5O. The van der Waals surface area contributed by atoms with Crippen LogP contribution in [0.2, 0.25) is 0 Å². The third kappa shape index (κ3) is 1.16. The first-order valence-corrected chi connectivity index (χ1v) is 4.92. The van der Waals surface area contributed by atoms with Gasteiger partial charge in [-0.1, -0.05) is 0 Å². The lowest BCUT2D eigenvalue weighted by Crippen LogP contribution is -2.17. The van der Waals surface area contributed by atoms with Crippen LogP contribution in [0.1, 0.15) is 0 Å². The molecule has 0 saturated heterocycles. The number of rotatable bonds is 0. The maximum Gasteiger partial charge on any atom is 0.349 e. The number of pyridine rings is 1. The van der Waals surface area contributed by atoms with Crippen LogP contribution in [0, 0.1) is 0 Å². The van der Waals surface area contributed by atoms with Gasteiger partial charge in [-0.25, -0.2) is 14.8 Å². The predicted octanol–water partition coefficient (Wildman–Crippen LogP) is 0.728. The molecule has 0 unspecified atom stereocenters. The quantitative estimate of drug-likeness (QED) is 0.650. The number of nitrogens with one attached hydrogen (secondary N) is 1. The van der Waals surface area contributed by atoms with Gasteiger partial charge in [-0.05, 0) is 22.0 Å². The van der Waals surface area contributed by atoms with Crippen molar-refractivity contribution in [3.05, 3.63) is 33.5 Å². The highest BCUT2D eigenvalue weighted by molar-refractivity contribution is 9.10. The van der Waals surface area contributed by atoms with Crippen LogP contribution in [0.25, 0.3) is 16.7 Å². The Morgan fingerprint density at radius 2 is 2.27 bits per heavy atom. The number of halogens is 1. The molecule has 0 aliphatic carbocycles. The maximum absolute atomic E-state index is 11.5. The summed E-state index contributed by atoms with van der Waals surface area (Å²) in [5, 5.41) is 4.57. The number of aromatic nitrogens is 5. The number of hydrogen-bond acceptors (Lipinski definition) is 4. The molecule has 0 saturated carbocycles. The molecule has 0 bridgehead atoms. The van der Waals surface area contributed by atoms with E-state index in [1.807, 2.05) is 6.07 Å². The Hall–Kier alpha value is -1.76. The summed E-state index contributed by atoms with van der Waals surface area (Å²) in [6.45, 7) is 0. The Bertz CT molecular complexity index is 716. The van der Waals surface area contributed by atoms with Crippen molar-refractivity contribution in [3.8, 4) is 0 Å². The Labute approximate surface area is 91.1 Å². The fourth-order valence-electron chi connectivity index (χ4n) is 1.44. The van der Waals surface area contributed by atoms with E-state index >= 15 is 0 Å². The van der Waals surface area contributed by atoms with Crippen molar-refractivity contribution < 1.29 is 0 Å². The van der Waals surface area contributed by atoms with Crippen LogP contribution in [0.3, 0.4) is 0 Å². The molecule has 0 fully saturated rings. The summed E-state index contributed by atoms with van der Waals surface area (Å²) in [6.07, 6.45) is 2.95. The number of nitrogens with zero attached hydrogens (tertiary/aromatic N) is 4. The normalized spacial score (nSPS) is 11.3. The number of aromatic amines is 1. The summed E-state index contributed by atoms with van der Waals surface area (Å²) in [4.78, 5) is 22.2. The molecule has 0 aromatic carbocycles. The molecule has 3 aromatic rings. The van der Waals surface area contributed by atoms with E-state index in [4.69, 9.17) is 0 Å². The average molecular weight is 266 g/mol. The van der Waals surface area contributed by atoms with E-state index in [-0.39, 0.29) is 5.69 Å². The van der Waals surface area contributed by atoms with E-state index in [1.54, 1.807) is 6.20 Å². The van der Waals surface area contributed by atoms with E-state index in [1.165, 1.54) is 10.8 Å². The molecular weight excluding hydrogens is 262 g/mol. The van der Waals surface area contributed by atoms with Crippen molar-refractivity contribution in [2.45, 2.75) is 0 Å². The highest BCUT2D eigenvalue weighted by atomic mass is 79.9. The van der Waals surface area contributed by atoms with E-state index < -0.39 is 0 Å². The lowest BCUT2D eigenvalue weighted by Gasteiger charge is -1.98. The van der Waals surface area contributed by atoms with Gasteiger partial charge in [0.15, 0.2) is 5.65 Å². The molecule has 0 aliphatic rings. The summed E-state index contributed by atoms with van der Waals surface area (Å²) in [5.74, 6) is 0. The zero-order valence-electron chi connectivity index (χ0n) is 7.31. The van der Waals surface area contributed by atoms with Crippen LogP contribution in [0.15, 0.2) is 27.9 Å². The minimum Gasteiger partial charge on any atom is -0.290 e. The van der Waals surface area contributed by atoms with Gasteiger partial charge in [-0.2, -0.15) is 9.61 Å². The fraction of sp³-hybridized carbons (Fsp3) is 0. The second-order valence-corrected chi connectivity index (χ2v) is 3.89. The zero-order chi connectivity index (χ0) is 10.4. The molecule has 0 atom stereocenters. The topological polar surface area (TPSA) is 75.9 Å². The summed E-state index contributed by atoms with van der Waals surface area (Å²) in [7, 11) is 0. The third-order valence-corrected chi connectivity index (χ3v) is 2.49. The molecule has 6 nitrogen and oxygen atoms in total. The van der Waals surface area contributed by atoms with Crippen LogP contribution < -0.4 is 5.69 Å². The van der Waals surface area contributed by atoms with Crippen LogP contribution in [0.5, 0.6) is 0 Å². The summed E-state index contributed by atoms with van der Waals surface area (Å²) in [6, 6.07) is 1.84. The lowest BCUT2D eigenvalue weighted by atomic mass is 10.3. The van der Waals surface area contributed by atoms with E-state index in [0.29, 0.717) is 11.3 Å². The van der Waals surface area contributed by atoms with E-state index in [9.17, 15) is 4.79 Å². The van der Waals surface area contributed by atoms with Gasteiger partial charge in [0.25, 0.3) is 0 Å². The van der Waals surface area contributed by atoms with Gasteiger partial charge < -0.3 is 0 Å². The summed E-state index contributed by atoms with van der Waals surface area (Å²) >= 11 is 3.31. The van der Waals surface area contributed by atoms with Gasteiger partial charge in [0.2, 0.25) is 0 Å². The van der Waals surface area contributed by atoms with E-state index in [0.717, 1.165) is 9.86 Å². The van der Waals surface area contributed by atoms with Gasteiger partial charge in [-0.3, -0.25) is 4.98 Å². The van der Waals surface area contributed by atoms with E-state index in [2.05, 4.69) is 36.0 Å². The Balaban J connectivity index is 2.67. The van der Waals surface area contributed by atoms with Crippen LogP contribution >= 0.6 is 15.9 Å². The van der Waals surface area contributed by atoms with Crippen molar-refractivity contribution in [2.24, 2.45) is 0 Å². The summed E-state index contributed by atoms with van der Waals surface area (Å²) in [5.41, 5.74) is 0.663. The third-order valence-electron chi connectivity index (χ3n) is 2.06. The largest absolute Gasteiger partial charge is 0.349 e.